The number of Topliss-reactive ketones (excluding diaryl/α,β-unsaturated/α-hetero) is 1. The third kappa shape index (κ3) is 3.27. The van der Waals surface area contributed by atoms with Crippen molar-refractivity contribution in [1.29, 1.82) is 0 Å². The van der Waals surface area contributed by atoms with Gasteiger partial charge in [-0.3, -0.25) is 14.5 Å². The van der Waals surface area contributed by atoms with Crippen LogP contribution >= 0.6 is 0 Å². The van der Waals surface area contributed by atoms with Crippen molar-refractivity contribution in [3.8, 4) is 28.1 Å². The Kier molecular flexibility index (Phi) is 5.17. The molecule has 2 aromatic carbocycles. The van der Waals surface area contributed by atoms with E-state index in [9.17, 15) is 4.79 Å². The maximum Gasteiger partial charge on any atom is 0.228 e. The molecule has 0 amide bonds. The Bertz CT molecular complexity index is 1220. The SMILES string of the molecule is [C-]#[N+]c1cc(-c2c(-c3ccc4c(c3)C(CN)=NCC4=O)cnn2C)ccc1OCC. The number of aryl methyl sites for hydroxylation is 1. The summed E-state index contributed by atoms with van der Waals surface area (Å²) in [4.78, 5) is 20.2. The van der Waals surface area contributed by atoms with Crippen molar-refractivity contribution >= 4 is 17.2 Å². The Hall–Kier alpha value is -3.76. The van der Waals surface area contributed by atoms with Gasteiger partial charge in [-0.1, -0.05) is 18.2 Å². The summed E-state index contributed by atoms with van der Waals surface area (Å²) in [5.41, 5.74) is 12.0. The molecule has 150 valence electrons. The Morgan fingerprint density at radius 1 is 1.17 bits per heavy atom. The summed E-state index contributed by atoms with van der Waals surface area (Å²) in [6.07, 6.45) is 1.79. The highest BCUT2D eigenvalue weighted by Gasteiger charge is 2.22. The lowest BCUT2D eigenvalue weighted by atomic mass is 9.91. The Morgan fingerprint density at radius 2 is 1.97 bits per heavy atom. The number of hydrogen-bond acceptors (Lipinski definition) is 5. The van der Waals surface area contributed by atoms with Crippen LogP contribution < -0.4 is 10.5 Å². The van der Waals surface area contributed by atoms with E-state index in [-0.39, 0.29) is 18.9 Å². The molecule has 0 radical (unpaired) electrons. The van der Waals surface area contributed by atoms with E-state index >= 15 is 0 Å². The normalized spacial score (nSPS) is 12.9. The van der Waals surface area contributed by atoms with E-state index in [4.69, 9.17) is 17.0 Å². The molecule has 3 aromatic rings. The summed E-state index contributed by atoms with van der Waals surface area (Å²) in [6, 6.07) is 11.2. The van der Waals surface area contributed by atoms with Gasteiger partial charge in [-0.15, -0.1) is 0 Å². The molecule has 0 spiro atoms. The molecule has 4 rings (SSSR count). The second-order valence-corrected chi connectivity index (χ2v) is 6.91. The third-order valence-electron chi connectivity index (χ3n) is 5.14. The van der Waals surface area contributed by atoms with Gasteiger partial charge in [0.1, 0.15) is 12.3 Å². The maximum atomic E-state index is 12.2. The van der Waals surface area contributed by atoms with Gasteiger partial charge in [-0.05, 0) is 36.2 Å². The second-order valence-electron chi connectivity index (χ2n) is 6.91. The molecule has 2 heterocycles. The summed E-state index contributed by atoms with van der Waals surface area (Å²) in [7, 11) is 1.86. The number of carbonyl (C=O) groups excluding carboxylic acids is 1. The first kappa shape index (κ1) is 19.6. The molecule has 30 heavy (non-hydrogen) atoms. The van der Waals surface area contributed by atoms with E-state index in [0.29, 0.717) is 23.6 Å². The van der Waals surface area contributed by atoms with Crippen molar-refractivity contribution in [1.82, 2.24) is 9.78 Å². The van der Waals surface area contributed by atoms with Gasteiger partial charge >= 0.3 is 0 Å². The lowest BCUT2D eigenvalue weighted by Crippen LogP contribution is -2.24. The molecule has 0 atom stereocenters. The fourth-order valence-corrected chi connectivity index (χ4v) is 3.73. The lowest BCUT2D eigenvalue weighted by molar-refractivity contribution is 0.1000. The van der Waals surface area contributed by atoms with Crippen molar-refractivity contribution in [3.05, 3.63) is 65.1 Å². The molecule has 0 bridgehead atoms. The summed E-state index contributed by atoms with van der Waals surface area (Å²) >= 11 is 0. The van der Waals surface area contributed by atoms with Crippen molar-refractivity contribution < 1.29 is 9.53 Å². The summed E-state index contributed by atoms with van der Waals surface area (Å²) < 4.78 is 7.33. The molecule has 1 aromatic heterocycles. The summed E-state index contributed by atoms with van der Waals surface area (Å²) in [6.45, 7) is 10.3. The number of fused-ring (bicyclic) bond motifs is 1. The Balaban J connectivity index is 1.84. The predicted octanol–water partition coefficient (Wildman–Crippen LogP) is 3.65. The minimum atomic E-state index is -0.00614. The molecule has 0 aliphatic carbocycles. The van der Waals surface area contributed by atoms with Crippen LogP contribution in [0.1, 0.15) is 22.8 Å². The zero-order chi connectivity index (χ0) is 21.3. The minimum Gasteiger partial charge on any atom is -0.505 e. The van der Waals surface area contributed by atoms with Crippen LogP contribution in [0.5, 0.6) is 5.75 Å². The standard InChI is InChI=1S/C23H21N5O2/c1-4-30-22-8-6-15(10-19(22)25-2)23-18(12-27-28(23)3)14-5-7-16-17(9-14)20(11-24)26-13-21(16)29/h5-10,12H,4,11,13,24H2,1,3H3. The first-order valence-electron chi connectivity index (χ1n) is 9.65. The van der Waals surface area contributed by atoms with E-state index in [1.807, 2.05) is 50.4 Å². The number of ketones is 1. The molecule has 0 saturated heterocycles. The largest absolute Gasteiger partial charge is 0.505 e. The zero-order valence-electron chi connectivity index (χ0n) is 16.8. The molecule has 0 saturated carbocycles. The van der Waals surface area contributed by atoms with Gasteiger partial charge in [0.05, 0.1) is 30.8 Å². The second kappa shape index (κ2) is 7.93. The molecule has 2 N–H and O–H groups in total. The maximum absolute atomic E-state index is 12.2. The number of nitrogens with two attached hydrogens (primary N) is 1. The van der Waals surface area contributed by atoms with Crippen LogP contribution in [0.4, 0.5) is 5.69 Å². The number of aromatic nitrogens is 2. The smallest absolute Gasteiger partial charge is 0.228 e. The summed E-state index contributed by atoms with van der Waals surface area (Å²) in [5, 5.41) is 4.44. The molecule has 7 nitrogen and oxygen atoms in total. The number of ether oxygens (including phenoxy) is 1. The van der Waals surface area contributed by atoms with Crippen LogP contribution in [0.3, 0.4) is 0 Å². The predicted molar refractivity (Wildman–Crippen MR) is 116 cm³/mol. The van der Waals surface area contributed by atoms with Crippen molar-refractivity contribution in [2.45, 2.75) is 6.92 Å². The topological polar surface area (TPSA) is 86.9 Å². The van der Waals surface area contributed by atoms with Crippen molar-refractivity contribution in [3.63, 3.8) is 0 Å². The van der Waals surface area contributed by atoms with E-state index in [1.54, 1.807) is 10.9 Å². The third-order valence-corrected chi connectivity index (χ3v) is 5.14. The van der Waals surface area contributed by atoms with E-state index in [2.05, 4.69) is 14.9 Å². The van der Waals surface area contributed by atoms with Gasteiger partial charge in [0, 0.05) is 30.3 Å². The first-order valence-corrected chi connectivity index (χ1v) is 9.65. The fourth-order valence-electron chi connectivity index (χ4n) is 3.73. The molecule has 7 heteroatoms. The summed E-state index contributed by atoms with van der Waals surface area (Å²) in [5.74, 6) is 0.560. The van der Waals surface area contributed by atoms with Gasteiger partial charge in [0.2, 0.25) is 5.69 Å². The molecule has 1 aliphatic rings. The molecule has 1 aliphatic heterocycles. The Morgan fingerprint density at radius 3 is 2.70 bits per heavy atom. The zero-order valence-corrected chi connectivity index (χ0v) is 16.8. The number of nitrogens with zero attached hydrogens (tertiary/aromatic N) is 4. The number of hydrogen-bond donors (Lipinski definition) is 1. The van der Waals surface area contributed by atoms with Crippen molar-refractivity contribution in [2.75, 3.05) is 19.7 Å². The van der Waals surface area contributed by atoms with E-state index < -0.39 is 0 Å². The highest BCUT2D eigenvalue weighted by molar-refractivity contribution is 6.16. The van der Waals surface area contributed by atoms with Crippen LogP contribution in [-0.4, -0.2) is 41.0 Å². The van der Waals surface area contributed by atoms with Crippen LogP contribution in [0.2, 0.25) is 0 Å². The average molecular weight is 399 g/mol. The average Bonchev–Trinajstić information content (AvgIpc) is 3.15. The number of rotatable bonds is 5. The highest BCUT2D eigenvalue weighted by Crippen LogP contribution is 2.38. The number of aliphatic imine (C=N–C) groups is 1. The Labute approximate surface area is 174 Å². The molecular weight excluding hydrogens is 378 g/mol. The lowest BCUT2D eigenvalue weighted by Gasteiger charge is -2.16. The quantitative estimate of drug-likeness (QED) is 0.664. The highest BCUT2D eigenvalue weighted by atomic mass is 16.5. The van der Waals surface area contributed by atoms with E-state index in [0.717, 1.165) is 33.7 Å². The van der Waals surface area contributed by atoms with Gasteiger partial charge in [0.25, 0.3) is 0 Å². The van der Waals surface area contributed by atoms with Crippen LogP contribution in [0, 0.1) is 6.57 Å². The van der Waals surface area contributed by atoms with Crippen LogP contribution in [0.15, 0.2) is 47.6 Å². The molecule has 0 unspecified atom stereocenters. The number of benzene rings is 2. The first-order chi connectivity index (χ1) is 14.6. The van der Waals surface area contributed by atoms with Gasteiger partial charge in [-0.2, -0.15) is 5.10 Å². The monoisotopic (exact) mass is 399 g/mol. The number of carbonyl (C=O) groups is 1. The van der Waals surface area contributed by atoms with Crippen LogP contribution in [-0.2, 0) is 7.05 Å². The molecular formula is C23H21N5O2. The minimum absolute atomic E-state index is 0.00614. The van der Waals surface area contributed by atoms with Crippen LogP contribution in [0.25, 0.3) is 27.2 Å². The van der Waals surface area contributed by atoms with Crippen molar-refractivity contribution in [2.24, 2.45) is 17.8 Å². The van der Waals surface area contributed by atoms with Gasteiger partial charge in [0.15, 0.2) is 5.78 Å². The van der Waals surface area contributed by atoms with Gasteiger partial charge < -0.3 is 10.5 Å². The van der Waals surface area contributed by atoms with E-state index in [1.165, 1.54) is 0 Å². The fraction of sp³-hybridized carbons (Fsp3) is 0.217. The molecule has 0 fully saturated rings. The van der Waals surface area contributed by atoms with Gasteiger partial charge in [-0.25, -0.2) is 4.85 Å².